The molecule has 0 aromatic heterocycles. The fourth-order valence-corrected chi connectivity index (χ4v) is 2.18. The number of rotatable bonds is 4. The molecule has 1 aromatic carbocycles. The van der Waals surface area contributed by atoms with Gasteiger partial charge < -0.3 is 15.5 Å². The zero-order valence-electron chi connectivity index (χ0n) is 10.2. The van der Waals surface area contributed by atoms with Gasteiger partial charge in [-0.05, 0) is 31.5 Å². The molecule has 0 spiro atoms. The average Bonchev–Trinajstić information content (AvgIpc) is 2.79. The number of hydrogen-bond donors (Lipinski definition) is 2. The fraction of sp³-hybridized carbons (Fsp3) is 0.538. The standard InChI is InChI=1S/C13H21N3/c1-16(2)13-8-4-3-7-12(13)15-10-11-6-5-9-14-11/h3-4,7-8,11,14-15H,5-6,9-10H2,1-2H3. The Morgan fingerprint density at radius 1 is 1.38 bits per heavy atom. The first-order chi connectivity index (χ1) is 7.77. The van der Waals surface area contributed by atoms with Gasteiger partial charge in [0.1, 0.15) is 0 Å². The molecule has 1 saturated heterocycles. The molecule has 1 aliphatic heterocycles. The number of hydrogen-bond acceptors (Lipinski definition) is 3. The van der Waals surface area contributed by atoms with E-state index >= 15 is 0 Å². The van der Waals surface area contributed by atoms with Crippen LogP contribution >= 0.6 is 0 Å². The first-order valence-corrected chi connectivity index (χ1v) is 6.01. The van der Waals surface area contributed by atoms with Crippen molar-refractivity contribution in [3.63, 3.8) is 0 Å². The van der Waals surface area contributed by atoms with Crippen molar-refractivity contribution < 1.29 is 0 Å². The highest BCUT2D eigenvalue weighted by atomic mass is 15.1. The number of nitrogens with zero attached hydrogens (tertiary/aromatic N) is 1. The predicted molar refractivity (Wildman–Crippen MR) is 70.3 cm³/mol. The first kappa shape index (κ1) is 11.3. The van der Waals surface area contributed by atoms with E-state index in [0.717, 1.165) is 6.54 Å². The molecular formula is C13H21N3. The molecule has 1 heterocycles. The summed E-state index contributed by atoms with van der Waals surface area (Å²) >= 11 is 0. The fourth-order valence-electron chi connectivity index (χ4n) is 2.18. The normalized spacial score (nSPS) is 19.8. The van der Waals surface area contributed by atoms with Crippen LogP contribution in [-0.2, 0) is 0 Å². The average molecular weight is 219 g/mol. The second-order valence-corrected chi connectivity index (χ2v) is 4.59. The Morgan fingerprint density at radius 2 is 2.19 bits per heavy atom. The van der Waals surface area contributed by atoms with Crippen molar-refractivity contribution in [1.29, 1.82) is 0 Å². The monoisotopic (exact) mass is 219 g/mol. The molecular weight excluding hydrogens is 198 g/mol. The van der Waals surface area contributed by atoms with E-state index in [-0.39, 0.29) is 0 Å². The molecule has 0 radical (unpaired) electrons. The molecule has 0 amide bonds. The third-order valence-corrected chi connectivity index (χ3v) is 3.09. The lowest BCUT2D eigenvalue weighted by atomic mass is 10.2. The van der Waals surface area contributed by atoms with Crippen LogP contribution in [0.3, 0.4) is 0 Å². The van der Waals surface area contributed by atoms with E-state index < -0.39 is 0 Å². The van der Waals surface area contributed by atoms with E-state index in [2.05, 4.69) is 53.9 Å². The molecule has 3 heteroatoms. The maximum Gasteiger partial charge on any atom is 0.0596 e. The van der Waals surface area contributed by atoms with Crippen molar-refractivity contribution in [3.8, 4) is 0 Å². The van der Waals surface area contributed by atoms with Gasteiger partial charge in [-0.25, -0.2) is 0 Å². The largest absolute Gasteiger partial charge is 0.382 e. The lowest BCUT2D eigenvalue weighted by Gasteiger charge is -2.20. The molecule has 3 nitrogen and oxygen atoms in total. The third-order valence-electron chi connectivity index (χ3n) is 3.09. The van der Waals surface area contributed by atoms with Gasteiger partial charge >= 0.3 is 0 Å². The van der Waals surface area contributed by atoms with Crippen LogP contribution in [0.4, 0.5) is 11.4 Å². The Balaban J connectivity index is 1.97. The molecule has 1 fully saturated rings. The first-order valence-electron chi connectivity index (χ1n) is 6.01. The summed E-state index contributed by atoms with van der Waals surface area (Å²) in [5.74, 6) is 0. The van der Waals surface area contributed by atoms with E-state index in [9.17, 15) is 0 Å². The minimum absolute atomic E-state index is 0.634. The van der Waals surface area contributed by atoms with E-state index in [1.807, 2.05) is 0 Å². The van der Waals surface area contributed by atoms with Crippen LogP contribution in [0.2, 0.25) is 0 Å². The highest BCUT2D eigenvalue weighted by Crippen LogP contribution is 2.23. The van der Waals surface area contributed by atoms with Gasteiger partial charge in [-0.2, -0.15) is 0 Å². The van der Waals surface area contributed by atoms with Crippen molar-refractivity contribution in [2.24, 2.45) is 0 Å². The Bertz CT molecular complexity index is 330. The van der Waals surface area contributed by atoms with Gasteiger partial charge in [0.2, 0.25) is 0 Å². The maximum atomic E-state index is 3.53. The number of para-hydroxylation sites is 2. The van der Waals surface area contributed by atoms with E-state index in [4.69, 9.17) is 0 Å². The van der Waals surface area contributed by atoms with Crippen LogP contribution in [0, 0.1) is 0 Å². The molecule has 0 aliphatic carbocycles. The van der Waals surface area contributed by atoms with E-state index in [0.29, 0.717) is 6.04 Å². The SMILES string of the molecule is CN(C)c1ccccc1NCC1CCCN1. The molecule has 0 saturated carbocycles. The second-order valence-electron chi connectivity index (χ2n) is 4.59. The Kier molecular flexibility index (Phi) is 3.67. The molecule has 1 aromatic rings. The van der Waals surface area contributed by atoms with Crippen LogP contribution in [0.5, 0.6) is 0 Å². The second kappa shape index (κ2) is 5.21. The zero-order chi connectivity index (χ0) is 11.4. The van der Waals surface area contributed by atoms with Gasteiger partial charge in [-0.3, -0.25) is 0 Å². The van der Waals surface area contributed by atoms with Gasteiger partial charge in [0.15, 0.2) is 0 Å². The van der Waals surface area contributed by atoms with Crippen LogP contribution < -0.4 is 15.5 Å². The molecule has 1 atom stereocenters. The molecule has 16 heavy (non-hydrogen) atoms. The Hall–Kier alpha value is -1.22. The summed E-state index contributed by atoms with van der Waals surface area (Å²) in [4.78, 5) is 2.14. The van der Waals surface area contributed by atoms with Crippen LogP contribution in [0.1, 0.15) is 12.8 Å². The quantitative estimate of drug-likeness (QED) is 0.810. The van der Waals surface area contributed by atoms with Gasteiger partial charge in [0.25, 0.3) is 0 Å². The highest BCUT2D eigenvalue weighted by Gasteiger charge is 2.13. The predicted octanol–water partition coefficient (Wildman–Crippen LogP) is 1.92. The zero-order valence-corrected chi connectivity index (χ0v) is 10.2. The summed E-state index contributed by atoms with van der Waals surface area (Å²) < 4.78 is 0. The maximum absolute atomic E-state index is 3.53. The van der Waals surface area contributed by atoms with Crippen LogP contribution in [0.25, 0.3) is 0 Å². The summed E-state index contributed by atoms with van der Waals surface area (Å²) in [5, 5.41) is 7.03. The van der Waals surface area contributed by atoms with Gasteiger partial charge in [0.05, 0.1) is 11.4 Å². The number of nitrogens with one attached hydrogen (secondary N) is 2. The number of anilines is 2. The minimum atomic E-state index is 0.634. The van der Waals surface area contributed by atoms with Crippen molar-refractivity contribution in [1.82, 2.24) is 5.32 Å². The Labute approximate surface area is 97.8 Å². The summed E-state index contributed by atoms with van der Waals surface area (Å²) in [6.45, 7) is 2.19. The van der Waals surface area contributed by atoms with Crippen molar-refractivity contribution in [3.05, 3.63) is 24.3 Å². The van der Waals surface area contributed by atoms with Crippen molar-refractivity contribution in [2.75, 3.05) is 37.4 Å². The number of benzene rings is 1. The smallest absolute Gasteiger partial charge is 0.0596 e. The van der Waals surface area contributed by atoms with Crippen LogP contribution in [0.15, 0.2) is 24.3 Å². The highest BCUT2D eigenvalue weighted by molar-refractivity contribution is 5.69. The molecule has 2 N–H and O–H groups in total. The van der Waals surface area contributed by atoms with Gasteiger partial charge in [-0.1, -0.05) is 12.1 Å². The summed E-state index contributed by atoms with van der Waals surface area (Å²) in [7, 11) is 4.16. The molecule has 88 valence electrons. The summed E-state index contributed by atoms with van der Waals surface area (Å²) in [5.41, 5.74) is 2.47. The van der Waals surface area contributed by atoms with E-state index in [1.165, 1.54) is 30.8 Å². The van der Waals surface area contributed by atoms with Gasteiger partial charge in [0, 0.05) is 26.7 Å². The summed E-state index contributed by atoms with van der Waals surface area (Å²) in [6.07, 6.45) is 2.60. The third kappa shape index (κ3) is 2.67. The molecule has 1 aliphatic rings. The topological polar surface area (TPSA) is 27.3 Å². The van der Waals surface area contributed by atoms with Gasteiger partial charge in [-0.15, -0.1) is 0 Å². The summed E-state index contributed by atoms with van der Waals surface area (Å²) in [6, 6.07) is 9.08. The van der Waals surface area contributed by atoms with Crippen molar-refractivity contribution >= 4 is 11.4 Å². The van der Waals surface area contributed by atoms with Crippen molar-refractivity contribution in [2.45, 2.75) is 18.9 Å². The Morgan fingerprint density at radius 3 is 2.88 bits per heavy atom. The lowest BCUT2D eigenvalue weighted by Crippen LogP contribution is -2.29. The van der Waals surface area contributed by atoms with E-state index in [1.54, 1.807) is 0 Å². The molecule has 2 rings (SSSR count). The molecule has 0 bridgehead atoms. The van der Waals surface area contributed by atoms with Crippen LogP contribution in [-0.4, -0.2) is 33.2 Å². The minimum Gasteiger partial charge on any atom is -0.382 e. The molecule has 1 unspecified atom stereocenters. The lowest BCUT2D eigenvalue weighted by molar-refractivity contribution is 0.633.